The molecule has 0 spiro atoms. The molecule has 3 aromatic rings. The van der Waals surface area contributed by atoms with Crippen LogP contribution < -0.4 is 9.54 Å². The SMILES string of the molecule is CCOc1cccc2sc(=NC(=O)/C=C/c3ccccc3)n(CCOC)c12. The Balaban J connectivity index is 2.01. The van der Waals surface area contributed by atoms with Gasteiger partial charge in [-0.1, -0.05) is 47.7 Å². The monoisotopic (exact) mass is 382 g/mol. The van der Waals surface area contributed by atoms with Gasteiger partial charge in [0.05, 0.1) is 17.9 Å². The summed E-state index contributed by atoms with van der Waals surface area (Å²) in [5, 5.41) is 0. The minimum atomic E-state index is -0.297. The predicted molar refractivity (Wildman–Crippen MR) is 109 cm³/mol. The van der Waals surface area contributed by atoms with Crippen molar-refractivity contribution < 1.29 is 14.3 Å². The standard InChI is InChI=1S/C21H22N2O3S/c1-3-26-17-10-7-11-18-20(17)23(14-15-25-2)21(27-18)22-19(24)13-12-16-8-5-4-6-9-16/h4-13H,3,14-15H2,1-2H3/b13-12+,22-21?. The van der Waals surface area contributed by atoms with Crippen LogP contribution in [-0.2, 0) is 16.1 Å². The molecular weight excluding hydrogens is 360 g/mol. The topological polar surface area (TPSA) is 52.8 Å². The van der Waals surface area contributed by atoms with E-state index in [1.165, 1.54) is 17.4 Å². The number of amides is 1. The molecule has 6 heteroatoms. The molecule has 0 aliphatic rings. The molecule has 0 radical (unpaired) electrons. The maximum atomic E-state index is 12.4. The number of para-hydroxylation sites is 1. The number of carbonyl (C=O) groups excluding carboxylic acids is 1. The molecule has 5 nitrogen and oxygen atoms in total. The summed E-state index contributed by atoms with van der Waals surface area (Å²) in [6.45, 7) is 3.64. The zero-order valence-electron chi connectivity index (χ0n) is 15.4. The lowest BCUT2D eigenvalue weighted by Gasteiger charge is -2.09. The van der Waals surface area contributed by atoms with E-state index in [0.717, 1.165) is 21.5 Å². The van der Waals surface area contributed by atoms with Crippen molar-refractivity contribution in [3.05, 3.63) is 65.0 Å². The average Bonchev–Trinajstić information content (AvgIpc) is 3.03. The van der Waals surface area contributed by atoms with Crippen molar-refractivity contribution in [3.63, 3.8) is 0 Å². The number of hydrogen-bond donors (Lipinski definition) is 0. The lowest BCUT2D eigenvalue weighted by Crippen LogP contribution is -2.19. The molecular formula is C21H22N2O3S. The van der Waals surface area contributed by atoms with E-state index in [1.807, 2.05) is 60.0 Å². The van der Waals surface area contributed by atoms with Gasteiger partial charge < -0.3 is 14.0 Å². The van der Waals surface area contributed by atoms with Crippen LogP contribution in [0.15, 0.2) is 59.6 Å². The number of thiazole rings is 1. The molecule has 0 unspecified atom stereocenters. The van der Waals surface area contributed by atoms with Gasteiger partial charge >= 0.3 is 0 Å². The van der Waals surface area contributed by atoms with E-state index in [9.17, 15) is 4.79 Å². The van der Waals surface area contributed by atoms with Crippen LogP contribution in [0.2, 0.25) is 0 Å². The summed E-state index contributed by atoms with van der Waals surface area (Å²) < 4.78 is 14.0. The minimum Gasteiger partial charge on any atom is -0.492 e. The first kappa shape index (κ1) is 19.1. The van der Waals surface area contributed by atoms with E-state index in [2.05, 4.69) is 4.99 Å². The lowest BCUT2D eigenvalue weighted by molar-refractivity contribution is -0.113. The number of aromatic nitrogens is 1. The maximum absolute atomic E-state index is 12.4. The molecule has 1 amide bonds. The lowest BCUT2D eigenvalue weighted by atomic mass is 10.2. The molecule has 140 valence electrons. The van der Waals surface area contributed by atoms with Gasteiger partial charge in [0.1, 0.15) is 11.3 Å². The van der Waals surface area contributed by atoms with Crippen LogP contribution in [-0.4, -0.2) is 30.8 Å². The number of rotatable bonds is 7. The first-order valence-corrected chi connectivity index (χ1v) is 9.60. The molecule has 1 heterocycles. The fourth-order valence-electron chi connectivity index (χ4n) is 2.71. The number of methoxy groups -OCH3 is 1. The van der Waals surface area contributed by atoms with Gasteiger partial charge in [-0.05, 0) is 30.7 Å². The third-order valence-corrected chi connectivity index (χ3v) is 4.95. The number of nitrogens with zero attached hydrogens (tertiary/aromatic N) is 2. The highest BCUT2D eigenvalue weighted by molar-refractivity contribution is 7.16. The first-order chi connectivity index (χ1) is 13.2. The highest BCUT2D eigenvalue weighted by Crippen LogP contribution is 2.27. The molecule has 0 bridgehead atoms. The molecule has 0 saturated heterocycles. The number of fused-ring (bicyclic) bond motifs is 1. The highest BCUT2D eigenvalue weighted by atomic mass is 32.1. The van der Waals surface area contributed by atoms with E-state index in [1.54, 1.807) is 13.2 Å². The van der Waals surface area contributed by atoms with Crippen molar-refractivity contribution in [1.29, 1.82) is 0 Å². The van der Waals surface area contributed by atoms with E-state index >= 15 is 0 Å². The minimum absolute atomic E-state index is 0.297. The molecule has 0 aliphatic heterocycles. The Labute approximate surface area is 162 Å². The van der Waals surface area contributed by atoms with Gasteiger partial charge in [0, 0.05) is 19.7 Å². The molecule has 0 atom stereocenters. The summed E-state index contributed by atoms with van der Waals surface area (Å²) in [6, 6.07) is 15.6. The average molecular weight is 382 g/mol. The van der Waals surface area contributed by atoms with Crippen molar-refractivity contribution in [2.75, 3.05) is 20.3 Å². The second-order valence-corrected chi connectivity index (χ2v) is 6.77. The van der Waals surface area contributed by atoms with Gasteiger partial charge in [-0.3, -0.25) is 4.79 Å². The summed E-state index contributed by atoms with van der Waals surface area (Å²) in [6.07, 6.45) is 3.26. The summed E-state index contributed by atoms with van der Waals surface area (Å²) in [7, 11) is 1.66. The maximum Gasteiger partial charge on any atom is 0.272 e. The van der Waals surface area contributed by atoms with E-state index < -0.39 is 0 Å². The Hall–Kier alpha value is -2.70. The Bertz CT molecular complexity index is 1000. The fraction of sp³-hybridized carbons (Fsp3) is 0.238. The highest BCUT2D eigenvalue weighted by Gasteiger charge is 2.12. The van der Waals surface area contributed by atoms with Gasteiger partial charge in [-0.25, -0.2) is 0 Å². The van der Waals surface area contributed by atoms with Crippen molar-refractivity contribution in [2.24, 2.45) is 4.99 Å². The fourth-order valence-corrected chi connectivity index (χ4v) is 3.79. The largest absolute Gasteiger partial charge is 0.492 e. The van der Waals surface area contributed by atoms with Crippen molar-refractivity contribution in [2.45, 2.75) is 13.5 Å². The molecule has 0 aliphatic carbocycles. The predicted octanol–water partition coefficient (Wildman–Crippen LogP) is 3.89. The van der Waals surface area contributed by atoms with Gasteiger partial charge in [-0.15, -0.1) is 0 Å². The van der Waals surface area contributed by atoms with Crippen LogP contribution in [0.25, 0.3) is 16.3 Å². The van der Waals surface area contributed by atoms with Crippen LogP contribution in [0, 0.1) is 0 Å². The third-order valence-electron chi connectivity index (χ3n) is 3.91. The van der Waals surface area contributed by atoms with E-state index in [-0.39, 0.29) is 5.91 Å². The quantitative estimate of drug-likeness (QED) is 0.583. The van der Waals surface area contributed by atoms with Crippen LogP contribution in [0.5, 0.6) is 5.75 Å². The van der Waals surface area contributed by atoms with Gasteiger partial charge in [0.25, 0.3) is 5.91 Å². The zero-order valence-corrected chi connectivity index (χ0v) is 16.2. The van der Waals surface area contributed by atoms with Crippen molar-refractivity contribution in [1.82, 2.24) is 4.57 Å². The second-order valence-electron chi connectivity index (χ2n) is 5.76. The summed E-state index contributed by atoms with van der Waals surface area (Å²) in [5.74, 6) is 0.491. The van der Waals surface area contributed by atoms with Gasteiger partial charge in [0.15, 0.2) is 4.80 Å². The molecule has 0 fully saturated rings. The molecule has 0 N–H and O–H groups in total. The number of hydrogen-bond acceptors (Lipinski definition) is 4. The molecule has 27 heavy (non-hydrogen) atoms. The van der Waals surface area contributed by atoms with Crippen LogP contribution in [0.1, 0.15) is 12.5 Å². The smallest absolute Gasteiger partial charge is 0.272 e. The molecule has 0 saturated carbocycles. The number of carbonyl (C=O) groups is 1. The van der Waals surface area contributed by atoms with Crippen LogP contribution >= 0.6 is 11.3 Å². The van der Waals surface area contributed by atoms with Crippen LogP contribution in [0.4, 0.5) is 0 Å². The zero-order chi connectivity index (χ0) is 19.1. The third kappa shape index (κ3) is 4.72. The Morgan fingerprint density at radius 1 is 1.19 bits per heavy atom. The summed E-state index contributed by atoms with van der Waals surface area (Å²) in [5.41, 5.74) is 1.91. The normalized spacial score (nSPS) is 12.1. The van der Waals surface area contributed by atoms with E-state index in [0.29, 0.717) is 24.6 Å². The first-order valence-electron chi connectivity index (χ1n) is 8.79. The van der Waals surface area contributed by atoms with Crippen molar-refractivity contribution in [3.8, 4) is 5.75 Å². The Morgan fingerprint density at radius 2 is 2.00 bits per heavy atom. The van der Waals surface area contributed by atoms with Crippen molar-refractivity contribution >= 4 is 33.5 Å². The summed E-state index contributed by atoms with van der Waals surface area (Å²) in [4.78, 5) is 17.3. The Kier molecular flexibility index (Phi) is 6.57. The van der Waals surface area contributed by atoms with Gasteiger partial charge in [0.2, 0.25) is 0 Å². The molecule has 3 rings (SSSR count). The molecule has 1 aromatic heterocycles. The molecule has 2 aromatic carbocycles. The van der Waals surface area contributed by atoms with Gasteiger partial charge in [-0.2, -0.15) is 4.99 Å². The summed E-state index contributed by atoms with van der Waals surface area (Å²) >= 11 is 1.47. The Morgan fingerprint density at radius 3 is 2.74 bits per heavy atom. The van der Waals surface area contributed by atoms with E-state index in [4.69, 9.17) is 9.47 Å². The number of ether oxygens (including phenoxy) is 2. The second kappa shape index (κ2) is 9.30. The van der Waals surface area contributed by atoms with Crippen LogP contribution in [0.3, 0.4) is 0 Å². The number of benzene rings is 2.